The number of para-hydroxylation sites is 1. The predicted molar refractivity (Wildman–Crippen MR) is 60.2 cm³/mol. The number of fused-ring (bicyclic) bond motifs is 1. The van der Waals surface area contributed by atoms with Crippen LogP contribution in [-0.4, -0.2) is 28.9 Å². The van der Waals surface area contributed by atoms with Crippen LogP contribution >= 0.6 is 0 Å². The zero-order chi connectivity index (χ0) is 12.4. The maximum Gasteiger partial charge on any atom is 0.311 e. The number of hydrogen-bond acceptors (Lipinski definition) is 6. The van der Waals surface area contributed by atoms with Crippen LogP contribution in [0.1, 0.15) is 5.56 Å². The molecule has 1 heterocycles. The van der Waals surface area contributed by atoms with E-state index in [1.807, 2.05) is 0 Å². The van der Waals surface area contributed by atoms with Crippen molar-refractivity contribution in [2.45, 2.75) is 0 Å². The molecule has 0 radical (unpaired) electrons. The van der Waals surface area contributed by atoms with E-state index in [0.29, 0.717) is 12.1 Å². The standard InChI is InChI=1S/C9H11N5O3/c10-12-9-6-2-1-3-7(14(15)16)8(6)17-5-4-13(9)11/h1-3H,4-5,10-11H2/b12-9-. The van der Waals surface area contributed by atoms with Crippen LogP contribution in [0.5, 0.6) is 5.75 Å². The monoisotopic (exact) mass is 237 g/mol. The maximum absolute atomic E-state index is 10.9. The predicted octanol–water partition coefficient (Wildman–Crippen LogP) is -0.217. The summed E-state index contributed by atoms with van der Waals surface area (Å²) in [6, 6.07) is 4.52. The Morgan fingerprint density at radius 1 is 1.53 bits per heavy atom. The number of hydrazine groups is 1. The van der Waals surface area contributed by atoms with Gasteiger partial charge in [0, 0.05) is 6.07 Å². The number of benzene rings is 1. The Bertz CT molecular complexity index is 488. The minimum absolute atomic E-state index is 0.126. The molecular weight excluding hydrogens is 226 g/mol. The summed E-state index contributed by atoms with van der Waals surface area (Å²) < 4.78 is 5.34. The van der Waals surface area contributed by atoms with E-state index in [1.54, 1.807) is 6.07 Å². The van der Waals surface area contributed by atoms with Crippen LogP contribution in [-0.2, 0) is 0 Å². The molecule has 0 atom stereocenters. The first kappa shape index (κ1) is 11.1. The van der Waals surface area contributed by atoms with Crippen LogP contribution in [0, 0.1) is 10.1 Å². The van der Waals surface area contributed by atoms with E-state index >= 15 is 0 Å². The smallest absolute Gasteiger partial charge is 0.311 e. The molecule has 0 unspecified atom stereocenters. The fourth-order valence-corrected chi connectivity index (χ4v) is 1.65. The first-order chi connectivity index (χ1) is 8.15. The molecule has 0 spiro atoms. The van der Waals surface area contributed by atoms with Crippen molar-refractivity contribution in [3.05, 3.63) is 33.9 Å². The Kier molecular flexibility index (Phi) is 2.79. The molecule has 1 aromatic rings. The fourth-order valence-electron chi connectivity index (χ4n) is 1.65. The Hall–Kier alpha value is -2.35. The SMILES string of the molecule is N/N=C1/c2cccc([N+](=O)[O-])c2OCCN1N. The van der Waals surface area contributed by atoms with Crippen molar-refractivity contribution in [2.75, 3.05) is 13.2 Å². The summed E-state index contributed by atoms with van der Waals surface area (Å²) in [7, 11) is 0. The summed E-state index contributed by atoms with van der Waals surface area (Å²) in [6.07, 6.45) is 0. The highest BCUT2D eigenvalue weighted by Gasteiger charge is 2.26. The Morgan fingerprint density at radius 2 is 2.29 bits per heavy atom. The van der Waals surface area contributed by atoms with Crippen molar-refractivity contribution in [3.63, 3.8) is 0 Å². The number of nitro benzene ring substituents is 1. The van der Waals surface area contributed by atoms with E-state index in [-0.39, 0.29) is 23.9 Å². The van der Waals surface area contributed by atoms with Crippen LogP contribution in [0.25, 0.3) is 0 Å². The highest BCUT2D eigenvalue weighted by molar-refractivity contribution is 6.02. The normalized spacial score (nSPS) is 17.2. The lowest BCUT2D eigenvalue weighted by Gasteiger charge is -2.15. The number of nitro groups is 1. The quantitative estimate of drug-likeness (QED) is 0.396. The Labute approximate surface area is 96.6 Å². The summed E-state index contributed by atoms with van der Waals surface area (Å²) in [5.74, 6) is 11.4. The van der Waals surface area contributed by atoms with Crippen molar-refractivity contribution >= 4 is 11.5 Å². The summed E-state index contributed by atoms with van der Waals surface area (Å²) in [5.41, 5.74) is 0.292. The van der Waals surface area contributed by atoms with Crippen LogP contribution < -0.4 is 16.4 Å². The van der Waals surface area contributed by atoms with Gasteiger partial charge in [0.05, 0.1) is 17.0 Å². The molecule has 8 heteroatoms. The molecule has 0 saturated carbocycles. The molecule has 0 amide bonds. The zero-order valence-corrected chi connectivity index (χ0v) is 8.87. The summed E-state index contributed by atoms with van der Waals surface area (Å²) in [6.45, 7) is 0.579. The second kappa shape index (κ2) is 4.26. The first-order valence-corrected chi connectivity index (χ1v) is 4.86. The van der Waals surface area contributed by atoms with E-state index in [4.69, 9.17) is 16.4 Å². The molecule has 0 aromatic heterocycles. The van der Waals surface area contributed by atoms with Crippen molar-refractivity contribution < 1.29 is 9.66 Å². The molecule has 1 aliphatic rings. The van der Waals surface area contributed by atoms with Gasteiger partial charge < -0.3 is 10.6 Å². The van der Waals surface area contributed by atoms with Gasteiger partial charge in [0.2, 0.25) is 5.75 Å². The van der Waals surface area contributed by atoms with E-state index in [1.165, 1.54) is 17.1 Å². The van der Waals surface area contributed by atoms with E-state index < -0.39 is 4.92 Å². The minimum atomic E-state index is -0.515. The summed E-state index contributed by atoms with van der Waals surface area (Å²) in [5, 5.41) is 15.7. The largest absolute Gasteiger partial charge is 0.484 e. The molecular formula is C9H11N5O3. The topological polar surface area (TPSA) is 120 Å². The molecule has 90 valence electrons. The Morgan fingerprint density at radius 3 is 2.94 bits per heavy atom. The molecule has 1 aliphatic heterocycles. The molecule has 4 N–H and O–H groups in total. The molecule has 0 aliphatic carbocycles. The van der Waals surface area contributed by atoms with Crippen LogP contribution in [0.15, 0.2) is 23.3 Å². The third-order valence-electron chi connectivity index (χ3n) is 2.40. The number of rotatable bonds is 1. The second-order valence-corrected chi connectivity index (χ2v) is 3.41. The Balaban J connectivity index is 2.62. The minimum Gasteiger partial charge on any atom is -0.484 e. The lowest BCUT2D eigenvalue weighted by Crippen LogP contribution is -2.39. The van der Waals surface area contributed by atoms with Crippen LogP contribution in [0.3, 0.4) is 0 Å². The van der Waals surface area contributed by atoms with Crippen molar-refractivity contribution in [3.8, 4) is 5.75 Å². The number of hydrogen-bond donors (Lipinski definition) is 2. The highest BCUT2D eigenvalue weighted by Crippen LogP contribution is 2.32. The molecule has 0 bridgehead atoms. The van der Waals surface area contributed by atoms with Crippen LogP contribution in [0.4, 0.5) is 5.69 Å². The lowest BCUT2D eigenvalue weighted by molar-refractivity contribution is -0.385. The van der Waals surface area contributed by atoms with Crippen molar-refractivity contribution in [1.82, 2.24) is 5.01 Å². The third-order valence-corrected chi connectivity index (χ3v) is 2.40. The van der Waals surface area contributed by atoms with Crippen molar-refractivity contribution in [1.29, 1.82) is 0 Å². The van der Waals surface area contributed by atoms with Gasteiger partial charge in [0.1, 0.15) is 6.61 Å². The van der Waals surface area contributed by atoms with E-state index in [2.05, 4.69) is 5.10 Å². The van der Waals surface area contributed by atoms with Gasteiger partial charge in [0.25, 0.3) is 0 Å². The number of nitrogens with zero attached hydrogens (tertiary/aromatic N) is 3. The average molecular weight is 237 g/mol. The highest BCUT2D eigenvalue weighted by atomic mass is 16.6. The number of amidine groups is 1. The van der Waals surface area contributed by atoms with Gasteiger partial charge >= 0.3 is 5.69 Å². The molecule has 17 heavy (non-hydrogen) atoms. The van der Waals surface area contributed by atoms with Gasteiger partial charge in [-0.3, -0.25) is 15.1 Å². The van der Waals surface area contributed by atoms with Gasteiger partial charge in [-0.25, -0.2) is 5.84 Å². The van der Waals surface area contributed by atoms with Gasteiger partial charge in [-0.2, -0.15) is 5.10 Å². The number of ether oxygens (including phenoxy) is 1. The molecule has 2 rings (SSSR count). The maximum atomic E-state index is 10.9. The van der Waals surface area contributed by atoms with E-state index in [9.17, 15) is 10.1 Å². The second-order valence-electron chi connectivity index (χ2n) is 3.41. The van der Waals surface area contributed by atoms with Crippen molar-refractivity contribution in [2.24, 2.45) is 16.8 Å². The summed E-state index contributed by atoms with van der Waals surface area (Å²) >= 11 is 0. The van der Waals surface area contributed by atoms with Gasteiger partial charge in [-0.1, -0.05) is 6.07 Å². The van der Waals surface area contributed by atoms with E-state index in [0.717, 1.165) is 0 Å². The third kappa shape index (κ3) is 1.85. The average Bonchev–Trinajstić information content (AvgIpc) is 2.46. The summed E-state index contributed by atoms with van der Waals surface area (Å²) in [4.78, 5) is 10.4. The lowest BCUT2D eigenvalue weighted by atomic mass is 10.1. The zero-order valence-electron chi connectivity index (χ0n) is 8.87. The molecule has 8 nitrogen and oxygen atoms in total. The fraction of sp³-hybridized carbons (Fsp3) is 0.222. The van der Waals surface area contributed by atoms with Gasteiger partial charge in [-0.15, -0.1) is 0 Å². The van der Waals surface area contributed by atoms with Gasteiger partial charge in [0.15, 0.2) is 5.84 Å². The molecule has 1 aromatic carbocycles. The first-order valence-electron chi connectivity index (χ1n) is 4.86. The molecule has 0 saturated heterocycles. The van der Waals surface area contributed by atoms with Crippen LogP contribution in [0.2, 0.25) is 0 Å². The van der Waals surface area contributed by atoms with Gasteiger partial charge in [-0.05, 0) is 6.07 Å². The number of nitrogens with two attached hydrogens (primary N) is 2. The number of hydrazone groups is 1. The molecule has 0 fully saturated rings.